The molecular weight excluding hydrogens is 282 g/mol. The number of hydrogen-bond acceptors (Lipinski definition) is 3. The highest BCUT2D eigenvalue weighted by atomic mass is 19.3. The maximum atomic E-state index is 14.2. The molecule has 1 unspecified atom stereocenters. The van der Waals surface area contributed by atoms with Crippen molar-refractivity contribution >= 4 is 5.97 Å². The van der Waals surface area contributed by atoms with Gasteiger partial charge in [-0.2, -0.15) is 0 Å². The molecule has 0 saturated heterocycles. The molecule has 1 aromatic carbocycles. The molecule has 6 heteroatoms. The quantitative estimate of drug-likeness (QED) is 0.905. The molecule has 0 radical (unpaired) electrons. The maximum Gasteiger partial charge on any atom is 0.303 e. The van der Waals surface area contributed by atoms with Crippen LogP contribution in [0.3, 0.4) is 0 Å². The van der Waals surface area contributed by atoms with Crippen molar-refractivity contribution in [1.82, 2.24) is 0 Å². The number of carboxylic acid groups (broad SMARTS) is 1. The van der Waals surface area contributed by atoms with E-state index in [2.05, 4.69) is 0 Å². The number of rotatable bonds is 5. The van der Waals surface area contributed by atoms with Gasteiger partial charge in [-0.25, -0.2) is 8.78 Å². The van der Waals surface area contributed by atoms with Gasteiger partial charge in [0.15, 0.2) is 11.5 Å². The summed E-state index contributed by atoms with van der Waals surface area (Å²) in [5.74, 6) is -4.01. The molecule has 1 aliphatic heterocycles. The maximum absolute atomic E-state index is 14.2. The Bertz CT molecular complexity index is 516. The van der Waals surface area contributed by atoms with E-state index in [9.17, 15) is 13.6 Å². The summed E-state index contributed by atoms with van der Waals surface area (Å²) in [6, 6.07) is 4.07. The van der Waals surface area contributed by atoms with Crippen LogP contribution in [-0.4, -0.2) is 24.3 Å². The molecule has 0 aromatic heterocycles. The van der Waals surface area contributed by atoms with Gasteiger partial charge >= 0.3 is 5.97 Å². The Hall–Kier alpha value is -1.85. The first-order valence-electron chi connectivity index (χ1n) is 6.88. The van der Waals surface area contributed by atoms with Crippen molar-refractivity contribution in [3.8, 4) is 11.5 Å². The molecule has 0 spiro atoms. The fourth-order valence-electron chi connectivity index (χ4n) is 2.32. The smallest absolute Gasteiger partial charge is 0.303 e. The van der Waals surface area contributed by atoms with Crippen LogP contribution >= 0.6 is 0 Å². The van der Waals surface area contributed by atoms with Crippen molar-refractivity contribution in [2.24, 2.45) is 5.92 Å². The Labute approximate surface area is 121 Å². The number of alkyl halides is 2. The van der Waals surface area contributed by atoms with Gasteiger partial charge < -0.3 is 14.6 Å². The molecule has 0 bridgehead atoms. The molecule has 0 amide bonds. The van der Waals surface area contributed by atoms with Crippen molar-refractivity contribution in [2.75, 3.05) is 13.2 Å². The van der Waals surface area contributed by atoms with Crippen molar-refractivity contribution in [3.05, 3.63) is 23.8 Å². The van der Waals surface area contributed by atoms with E-state index in [4.69, 9.17) is 14.6 Å². The highest BCUT2D eigenvalue weighted by Gasteiger charge is 2.35. The van der Waals surface area contributed by atoms with Crippen molar-refractivity contribution in [3.63, 3.8) is 0 Å². The van der Waals surface area contributed by atoms with Crippen LogP contribution in [0.2, 0.25) is 0 Å². The van der Waals surface area contributed by atoms with E-state index in [0.717, 1.165) is 0 Å². The summed E-state index contributed by atoms with van der Waals surface area (Å²) in [5, 5.41) is 8.66. The van der Waals surface area contributed by atoms with E-state index >= 15 is 0 Å². The third-order valence-corrected chi connectivity index (χ3v) is 3.30. The Morgan fingerprint density at radius 1 is 1.33 bits per heavy atom. The van der Waals surface area contributed by atoms with E-state index < -0.39 is 24.2 Å². The molecule has 1 N–H and O–H groups in total. The average molecular weight is 300 g/mol. The minimum Gasteiger partial charge on any atom is -0.490 e. The molecule has 0 saturated carbocycles. The summed E-state index contributed by atoms with van der Waals surface area (Å²) in [7, 11) is 0. The number of halogens is 2. The fourth-order valence-corrected chi connectivity index (χ4v) is 2.32. The molecule has 4 nitrogen and oxygen atoms in total. The number of aliphatic carboxylic acids is 1. The summed E-state index contributed by atoms with van der Waals surface area (Å²) >= 11 is 0. The van der Waals surface area contributed by atoms with Crippen molar-refractivity contribution in [1.29, 1.82) is 0 Å². The molecule has 2 rings (SSSR count). The van der Waals surface area contributed by atoms with Crippen LogP contribution in [0.5, 0.6) is 11.5 Å². The molecule has 1 atom stereocenters. The van der Waals surface area contributed by atoms with Crippen molar-refractivity contribution < 1.29 is 28.2 Å². The SMILES string of the molecule is CC(CC(=O)O)CC(F)(F)c1ccc2c(c1)OCCCO2. The largest absolute Gasteiger partial charge is 0.490 e. The minimum atomic E-state index is -3.10. The van der Waals surface area contributed by atoms with Gasteiger partial charge in [-0.05, 0) is 24.1 Å². The topological polar surface area (TPSA) is 55.8 Å². The highest BCUT2D eigenvalue weighted by molar-refractivity contribution is 5.66. The lowest BCUT2D eigenvalue weighted by Gasteiger charge is -2.21. The Kier molecular flexibility index (Phi) is 4.65. The second kappa shape index (κ2) is 6.28. The molecule has 1 heterocycles. The molecule has 1 aromatic rings. The normalized spacial score (nSPS) is 16.1. The van der Waals surface area contributed by atoms with E-state index in [1.807, 2.05) is 0 Å². The van der Waals surface area contributed by atoms with Crippen LogP contribution in [0.25, 0.3) is 0 Å². The predicted octanol–water partition coefficient (Wildman–Crippen LogP) is 3.44. The third kappa shape index (κ3) is 4.06. The van der Waals surface area contributed by atoms with Crippen molar-refractivity contribution in [2.45, 2.75) is 32.1 Å². The Balaban J connectivity index is 2.16. The molecular formula is C15H18F2O4. The lowest BCUT2D eigenvalue weighted by atomic mass is 9.94. The lowest BCUT2D eigenvalue weighted by Crippen LogP contribution is -2.19. The monoisotopic (exact) mass is 300 g/mol. The molecule has 21 heavy (non-hydrogen) atoms. The zero-order valence-electron chi connectivity index (χ0n) is 11.8. The number of ether oxygens (including phenoxy) is 2. The number of fused-ring (bicyclic) bond motifs is 1. The van der Waals surface area contributed by atoms with Crippen LogP contribution in [0.15, 0.2) is 18.2 Å². The molecule has 1 aliphatic rings. The second-order valence-electron chi connectivity index (χ2n) is 5.32. The molecule has 0 aliphatic carbocycles. The molecule has 116 valence electrons. The summed E-state index contributed by atoms with van der Waals surface area (Å²) in [6.07, 6.45) is -0.0882. The van der Waals surface area contributed by atoms with Crippen LogP contribution in [0, 0.1) is 5.92 Å². The number of hydrogen-bond donors (Lipinski definition) is 1. The van der Waals surface area contributed by atoms with Gasteiger partial charge in [0.25, 0.3) is 5.92 Å². The first kappa shape index (κ1) is 15.5. The van der Waals surface area contributed by atoms with Gasteiger partial charge in [-0.3, -0.25) is 4.79 Å². The zero-order valence-corrected chi connectivity index (χ0v) is 11.8. The number of benzene rings is 1. The first-order valence-corrected chi connectivity index (χ1v) is 6.88. The van der Waals surface area contributed by atoms with Gasteiger partial charge in [0, 0.05) is 24.8 Å². The van der Waals surface area contributed by atoms with Crippen LogP contribution in [0.1, 0.15) is 31.7 Å². The highest BCUT2D eigenvalue weighted by Crippen LogP contribution is 2.40. The van der Waals surface area contributed by atoms with Gasteiger partial charge in [0.05, 0.1) is 13.2 Å². The van der Waals surface area contributed by atoms with E-state index in [1.165, 1.54) is 25.1 Å². The standard InChI is InChI=1S/C15H18F2O4/c1-10(7-14(18)19)9-15(16,17)11-3-4-12-13(8-11)21-6-2-5-20-12/h3-4,8,10H,2,5-7,9H2,1H3,(H,18,19). The number of carboxylic acids is 1. The Morgan fingerprint density at radius 2 is 2.00 bits per heavy atom. The summed E-state index contributed by atoms with van der Waals surface area (Å²) in [4.78, 5) is 10.6. The number of carbonyl (C=O) groups is 1. The zero-order chi connectivity index (χ0) is 15.5. The van der Waals surface area contributed by atoms with Gasteiger partial charge in [-0.1, -0.05) is 6.92 Å². The van der Waals surface area contributed by atoms with Gasteiger partial charge in [0.2, 0.25) is 0 Å². The van der Waals surface area contributed by atoms with Crippen LogP contribution in [0.4, 0.5) is 8.78 Å². The van der Waals surface area contributed by atoms with Gasteiger partial charge in [0.1, 0.15) is 0 Å². The van der Waals surface area contributed by atoms with E-state index in [0.29, 0.717) is 31.1 Å². The van der Waals surface area contributed by atoms with E-state index in [-0.39, 0.29) is 12.0 Å². The van der Waals surface area contributed by atoms with Gasteiger partial charge in [-0.15, -0.1) is 0 Å². The predicted molar refractivity (Wildman–Crippen MR) is 72.0 cm³/mol. The summed E-state index contributed by atoms with van der Waals surface area (Å²) < 4.78 is 39.3. The fraction of sp³-hybridized carbons (Fsp3) is 0.533. The van der Waals surface area contributed by atoms with Crippen LogP contribution < -0.4 is 9.47 Å². The molecule has 0 fully saturated rings. The minimum absolute atomic E-state index is 0.177. The first-order chi connectivity index (χ1) is 9.88. The van der Waals surface area contributed by atoms with E-state index in [1.54, 1.807) is 0 Å². The summed E-state index contributed by atoms with van der Waals surface area (Å²) in [5.41, 5.74) is -0.177. The average Bonchev–Trinajstić information content (AvgIpc) is 2.60. The summed E-state index contributed by atoms with van der Waals surface area (Å²) in [6.45, 7) is 2.43. The van der Waals surface area contributed by atoms with Crippen LogP contribution in [-0.2, 0) is 10.7 Å². The Morgan fingerprint density at radius 3 is 2.67 bits per heavy atom. The third-order valence-electron chi connectivity index (χ3n) is 3.30. The second-order valence-corrected chi connectivity index (χ2v) is 5.32. The lowest BCUT2D eigenvalue weighted by molar-refractivity contribution is -0.138.